The fraction of sp³-hybridized carbons (Fsp3) is 0.211. The quantitative estimate of drug-likeness (QED) is 0.494. The minimum Gasteiger partial charge on any atom is -0.386 e. The van der Waals surface area contributed by atoms with E-state index in [0.717, 1.165) is 27.9 Å². The summed E-state index contributed by atoms with van der Waals surface area (Å²) < 4.78 is 1.77. The lowest BCUT2D eigenvalue weighted by atomic mass is 9.87. The molecule has 2 aromatic heterocycles. The number of aliphatic hydroxyl groups excluding tert-OH is 1. The molecule has 0 unspecified atom stereocenters. The maximum atomic E-state index is 11.3. The number of rotatable bonds is 2. The van der Waals surface area contributed by atoms with Crippen LogP contribution >= 0.6 is 11.6 Å². The summed E-state index contributed by atoms with van der Waals surface area (Å²) in [6.07, 6.45) is -0.827. The van der Waals surface area contributed by atoms with Gasteiger partial charge < -0.3 is 10.4 Å². The number of aromatic nitrogens is 5. The summed E-state index contributed by atoms with van der Waals surface area (Å²) in [6, 6.07) is 14.5. The van der Waals surface area contributed by atoms with Gasteiger partial charge in [0.15, 0.2) is 5.82 Å². The maximum Gasteiger partial charge on any atom is 0.154 e. The summed E-state index contributed by atoms with van der Waals surface area (Å²) in [5.74, 6) is 0.630. The highest BCUT2D eigenvalue weighted by Crippen LogP contribution is 2.48. The Morgan fingerprint density at radius 1 is 1.11 bits per heavy atom. The van der Waals surface area contributed by atoms with Gasteiger partial charge in [-0.1, -0.05) is 47.1 Å². The molecule has 2 aromatic carbocycles. The van der Waals surface area contributed by atoms with Crippen molar-refractivity contribution in [3.8, 4) is 0 Å². The third-order valence-electron chi connectivity index (χ3n) is 5.15. The van der Waals surface area contributed by atoms with Crippen LogP contribution in [0.15, 0.2) is 48.5 Å². The van der Waals surface area contributed by atoms with Gasteiger partial charge in [0.1, 0.15) is 17.7 Å². The van der Waals surface area contributed by atoms with E-state index in [1.165, 1.54) is 0 Å². The number of aliphatic hydroxyl groups is 1. The van der Waals surface area contributed by atoms with Gasteiger partial charge in [-0.2, -0.15) is 5.10 Å². The second kappa shape index (κ2) is 6.07. The zero-order valence-corrected chi connectivity index (χ0v) is 15.2. The predicted octanol–water partition coefficient (Wildman–Crippen LogP) is 3.56. The molecule has 7 nitrogen and oxygen atoms in total. The van der Waals surface area contributed by atoms with Gasteiger partial charge in [0.2, 0.25) is 0 Å². The molecule has 5 rings (SSSR count). The van der Waals surface area contributed by atoms with Crippen molar-refractivity contribution in [2.75, 3.05) is 5.32 Å². The normalized spacial score (nSPS) is 21.8. The van der Waals surface area contributed by atoms with Gasteiger partial charge in [-0.15, -0.1) is 5.10 Å². The number of H-pyrrole nitrogens is 1. The number of nitrogens with one attached hydrogen (secondary N) is 2. The summed E-state index contributed by atoms with van der Waals surface area (Å²) in [7, 11) is 0. The highest BCUT2D eigenvalue weighted by atomic mass is 35.5. The Morgan fingerprint density at radius 3 is 2.74 bits per heavy atom. The SMILES string of the molecule is Cc1[nH]nc2c1[C@H](O)[C@@H](n1nnc3ccccc31)[C@H](c1ccccc1Cl)N2. The van der Waals surface area contributed by atoms with Gasteiger partial charge in [-0.25, -0.2) is 4.68 Å². The molecular formula is C19H17ClN6O. The largest absolute Gasteiger partial charge is 0.386 e. The number of hydrogen-bond acceptors (Lipinski definition) is 5. The van der Waals surface area contributed by atoms with E-state index in [9.17, 15) is 5.11 Å². The van der Waals surface area contributed by atoms with Gasteiger partial charge >= 0.3 is 0 Å². The highest BCUT2D eigenvalue weighted by Gasteiger charge is 2.42. The molecule has 1 aliphatic rings. The zero-order chi connectivity index (χ0) is 18.5. The van der Waals surface area contributed by atoms with Crippen LogP contribution in [0.3, 0.4) is 0 Å². The summed E-state index contributed by atoms with van der Waals surface area (Å²) in [6.45, 7) is 1.89. The van der Waals surface area contributed by atoms with Crippen LogP contribution < -0.4 is 5.32 Å². The van der Waals surface area contributed by atoms with Gasteiger partial charge in [-0.05, 0) is 30.7 Å². The molecule has 0 bridgehead atoms. The molecule has 0 saturated heterocycles. The molecule has 0 aliphatic carbocycles. The molecule has 136 valence electrons. The number of benzene rings is 2. The standard InChI is InChI=1S/C19H17ClN6O/c1-10-15-18(27)17(26-14-9-5-4-8-13(14)23-25-26)16(21-19(15)24-22-10)11-6-2-3-7-12(11)20/h2-9,16-18,27H,1H3,(H2,21,22,24)/t16-,17-,18-/m0/s1. The Bertz CT molecular complexity index is 1140. The molecule has 3 heterocycles. The molecule has 0 spiro atoms. The van der Waals surface area contributed by atoms with Crippen LogP contribution in [-0.2, 0) is 0 Å². The summed E-state index contributed by atoms with van der Waals surface area (Å²) in [4.78, 5) is 0. The van der Waals surface area contributed by atoms with Gasteiger partial charge in [0.25, 0.3) is 0 Å². The van der Waals surface area contributed by atoms with Crippen LogP contribution in [0, 0.1) is 6.92 Å². The number of nitrogens with zero attached hydrogens (tertiary/aromatic N) is 4. The van der Waals surface area contributed by atoms with E-state index in [2.05, 4.69) is 25.8 Å². The van der Waals surface area contributed by atoms with E-state index in [-0.39, 0.29) is 6.04 Å². The molecule has 0 amide bonds. The third kappa shape index (κ3) is 2.43. The van der Waals surface area contributed by atoms with Gasteiger partial charge in [0, 0.05) is 16.3 Å². The van der Waals surface area contributed by atoms with E-state index < -0.39 is 12.1 Å². The van der Waals surface area contributed by atoms with E-state index >= 15 is 0 Å². The lowest BCUT2D eigenvalue weighted by Crippen LogP contribution is -2.34. The Balaban J connectivity index is 1.74. The number of aromatic amines is 1. The first-order valence-electron chi connectivity index (χ1n) is 8.69. The zero-order valence-electron chi connectivity index (χ0n) is 14.5. The summed E-state index contributed by atoms with van der Waals surface area (Å²) in [5.41, 5.74) is 4.05. The molecule has 4 aromatic rings. The molecular weight excluding hydrogens is 364 g/mol. The second-order valence-corrected chi connectivity index (χ2v) is 7.12. The summed E-state index contributed by atoms with van der Waals surface area (Å²) in [5, 5.41) is 31.2. The third-order valence-corrected chi connectivity index (χ3v) is 5.49. The van der Waals surface area contributed by atoms with Crippen LogP contribution in [0.25, 0.3) is 11.0 Å². The van der Waals surface area contributed by atoms with Crippen LogP contribution in [0.2, 0.25) is 5.02 Å². The fourth-order valence-electron chi connectivity index (χ4n) is 3.87. The van der Waals surface area contributed by atoms with E-state index in [0.29, 0.717) is 10.8 Å². The molecule has 27 heavy (non-hydrogen) atoms. The number of aryl methyl sites for hydroxylation is 1. The van der Waals surface area contributed by atoms with Crippen molar-refractivity contribution in [1.82, 2.24) is 25.2 Å². The Morgan fingerprint density at radius 2 is 1.89 bits per heavy atom. The molecule has 3 atom stereocenters. The minimum atomic E-state index is -0.827. The van der Waals surface area contributed by atoms with Crippen LogP contribution in [-0.4, -0.2) is 30.3 Å². The summed E-state index contributed by atoms with van der Waals surface area (Å²) >= 11 is 6.49. The Kier molecular flexibility index (Phi) is 3.66. The first-order chi connectivity index (χ1) is 13.1. The molecule has 0 fully saturated rings. The van der Waals surface area contributed by atoms with E-state index in [1.54, 1.807) is 4.68 Å². The molecule has 3 N–H and O–H groups in total. The number of para-hydroxylation sites is 1. The number of halogens is 1. The van der Waals surface area contributed by atoms with Crippen LogP contribution in [0.5, 0.6) is 0 Å². The maximum absolute atomic E-state index is 11.3. The number of fused-ring (bicyclic) bond motifs is 2. The van der Waals surface area contributed by atoms with Crippen molar-refractivity contribution in [3.05, 3.63) is 70.4 Å². The average Bonchev–Trinajstić information content (AvgIpc) is 3.26. The average molecular weight is 381 g/mol. The lowest BCUT2D eigenvalue weighted by molar-refractivity contribution is 0.0901. The fourth-order valence-corrected chi connectivity index (χ4v) is 4.12. The predicted molar refractivity (Wildman–Crippen MR) is 103 cm³/mol. The van der Waals surface area contributed by atoms with Crippen molar-refractivity contribution in [2.24, 2.45) is 0 Å². The van der Waals surface area contributed by atoms with Gasteiger partial charge in [0.05, 0.1) is 11.6 Å². The van der Waals surface area contributed by atoms with Crippen molar-refractivity contribution in [1.29, 1.82) is 0 Å². The lowest BCUT2D eigenvalue weighted by Gasteiger charge is -2.37. The number of anilines is 1. The monoisotopic (exact) mass is 380 g/mol. The molecule has 0 saturated carbocycles. The van der Waals surface area contributed by atoms with Gasteiger partial charge in [-0.3, -0.25) is 5.10 Å². The van der Waals surface area contributed by atoms with Crippen LogP contribution in [0.4, 0.5) is 5.82 Å². The van der Waals surface area contributed by atoms with E-state index in [1.807, 2.05) is 55.5 Å². The Labute approximate surface area is 160 Å². The van der Waals surface area contributed by atoms with E-state index in [4.69, 9.17) is 11.6 Å². The van der Waals surface area contributed by atoms with Crippen molar-refractivity contribution in [2.45, 2.75) is 25.1 Å². The molecule has 8 heteroatoms. The van der Waals surface area contributed by atoms with Crippen molar-refractivity contribution >= 4 is 28.5 Å². The Hall–Kier alpha value is -2.90. The second-order valence-electron chi connectivity index (χ2n) is 6.71. The topological polar surface area (TPSA) is 91.6 Å². The van der Waals surface area contributed by atoms with Crippen LogP contribution in [0.1, 0.15) is 35.0 Å². The first kappa shape index (κ1) is 16.3. The highest BCUT2D eigenvalue weighted by molar-refractivity contribution is 6.31. The smallest absolute Gasteiger partial charge is 0.154 e. The molecule has 0 radical (unpaired) electrons. The van der Waals surface area contributed by atoms with Crippen molar-refractivity contribution < 1.29 is 5.11 Å². The first-order valence-corrected chi connectivity index (χ1v) is 9.07. The minimum absolute atomic E-state index is 0.325. The van der Waals surface area contributed by atoms with Crippen molar-refractivity contribution in [3.63, 3.8) is 0 Å². The number of hydrogen-bond donors (Lipinski definition) is 3. The molecule has 1 aliphatic heterocycles.